The van der Waals surface area contributed by atoms with Crippen LogP contribution in [0, 0.1) is 5.82 Å². The van der Waals surface area contributed by atoms with Crippen LogP contribution in [0.3, 0.4) is 0 Å². The Morgan fingerprint density at radius 3 is 2.55 bits per heavy atom. The molecule has 0 spiro atoms. The van der Waals surface area contributed by atoms with Gasteiger partial charge in [-0.15, -0.1) is 0 Å². The van der Waals surface area contributed by atoms with E-state index in [-0.39, 0.29) is 5.82 Å². The molecule has 2 aromatic rings. The average Bonchev–Trinajstić information content (AvgIpc) is 2.46. The van der Waals surface area contributed by atoms with Gasteiger partial charge in [-0.2, -0.15) is 0 Å². The zero-order chi connectivity index (χ0) is 14.5. The second-order valence-corrected chi connectivity index (χ2v) is 5.10. The minimum Gasteiger partial charge on any atom is -0.489 e. The zero-order valence-electron chi connectivity index (χ0n) is 11.9. The third kappa shape index (κ3) is 3.36. The van der Waals surface area contributed by atoms with Crippen LogP contribution in [0.1, 0.15) is 36.5 Å². The summed E-state index contributed by atoms with van der Waals surface area (Å²) in [5.74, 6) is 1.000. The van der Waals surface area contributed by atoms with Gasteiger partial charge in [-0.3, -0.25) is 0 Å². The topological polar surface area (TPSA) is 35.2 Å². The number of rotatable bonds is 5. The van der Waals surface area contributed by atoms with Crippen molar-refractivity contribution in [1.82, 2.24) is 0 Å². The van der Waals surface area contributed by atoms with Gasteiger partial charge in [0.05, 0.1) is 0 Å². The summed E-state index contributed by atoms with van der Waals surface area (Å²) in [5, 5.41) is 0. The third-order valence-corrected chi connectivity index (χ3v) is 3.31. The predicted octanol–water partition coefficient (Wildman–Crippen LogP) is 3.99. The molecule has 0 aliphatic carbocycles. The lowest BCUT2D eigenvalue weighted by Crippen LogP contribution is -2.06. The Balaban J connectivity index is 2.17. The summed E-state index contributed by atoms with van der Waals surface area (Å²) in [5.41, 5.74) is 8.52. The summed E-state index contributed by atoms with van der Waals surface area (Å²) in [6, 6.07) is 12.6. The number of ether oxygens (including phenoxy) is 1. The number of hydrogen-bond acceptors (Lipinski definition) is 2. The standard InChI is InChI=1S/C17H20FNO/c1-12(2)16-5-3-4-6-17(16)20-11-13-7-8-15(18)9-14(13)10-19/h3-9,12H,10-11,19H2,1-2H3. The maximum absolute atomic E-state index is 13.2. The Labute approximate surface area is 119 Å². The van der Waals surface area contributed by atoms with Crippen molar-refractivity contribution < 1.29 is 9.13 Å². The van der Waals surface area contributed by atoms with Gasteiger partial charge in [0, 0.05) is 6.54 Å². The molecular weight excluding hydrogens is 253 g/mol. The van der Waals surface area contributed by atoms with Gasteiger partial charge < -0.3 is 10.5 Å². The largest absolute Gasteiger partial charge is 0.489 e. The Morgan fingerprint density at radius 2 is 1.85 bits per heavy atom. The van der Waals surface area contributed by atoms with Crippen LogP contribution in [0.2, 0.25) is 0 Å². The number of halogens is 1. The normalized spacial score (nSPS) is 10.8. The molecule has 2 N–H and O–H groups in total. The highest BCUT2D eigenvalue weighted by Crippen LogP contribution is 2.27. The summed E-state index contributed by atoms with van der Waals surface area (Å²) in [4.78, 5) is 0. The van der Waals surface area contributed by atoms with Crippen LogP contribution < -0.4 is 10.5 Å². The molecule has 0 aliphatic rings. The van der Waals surface area contributed by atoms with Gasteiger partial charge in [-0.25, -0.2) is 4.39 Å². The van der Waals surface area contributed by atoms with Crippen molar-refractivity contribution in [3.8, 4) is 5.75 Å². The van der Waals surface area contributed by atoms with Crippen molar-refractivity contribution in [2.75, 3.05) is 0 Å². The molecule has 0 fully saturated rings. The minimum absolute atomic E-state index is 0.267. The Hall–Kier alpha value is -1.87. The van der Waals surface area contributed by atoms with Crippen molar-refractivity contribution in [2.24, 2.45) is 5.73 Å². The smallest absolute Gasteiger partial charge is 0.123 e. The molecule has 0 aromatic heterocycles. The molecule has 2 aromatic carbocycles. The quantitative estimate of drug-likeness (QED) is 0.894. The molecule has 0 saturated heterocycles. The van der Waals surface area contributed by atoms with Crippen molar-refractivity contribution in [3.63, 3.8) is 0 Å². The van der Waals surface area contributed by atoms with Gasteiger partial charge in [0.15, 0.2) is 0 Å². The predicted molar refractivity (Wildman–Crippen MR) is 79.2 cm³/mol. The van der Waals surface area contributed by atoms with E-state index < -0.39 is 0 Å². The summed E-state index contributed by atoms with van der Waals surface area (Å²) in [6.45, 7) is 4.97. The van der Waals surface area contributed by atoms with E-state index in [0.717, 1.165) is 16.9 Å². The maximum atomic E-state index is 13.2. The van der Waals surface area contributed by atoms with Crippen molar-refractivity contribution >= 4 is 0 Å². The van der Waals surface area contributed by atoms with E-state index in [1.54, 1.807) is 6.07 Å². The molecule has 2 nitrogen and oxygen atoms in total. The molecule has 0 amide bonds. The maximum Gasteiger partial charge on any atom is 0.123 e. The van der Waals surface area contributed by atoms with Crippen LogP contribution in [-0.4, -0.2) is 0 Å². The first-order chi connectivity index (χ1) is 9.61. The van der Waals surface area contributed by atoms with E-state index >= 15 is 0 Å². The fourth-order valence-corrected chi connectivity index (χ4v) is 2.17. The molecule has 0 saturated carbocycles. The number of para-hydroxylation sites is 1. The van der Waals surface area contributed by atoms with Crippen molar-refractivity contribution in [1.29, 1.82) is 0 Å². The van der Waals surface area contributed by atoms with Gasteiger partial charge in [0.2, 0.25) is 0 Å². The van der Waals surface area contributed by atoms with Gasteiger partial charge in [-0.1, -0.05) is 38.1 Å². The molecule has 2 rings (SSSR count). The number of nitrogens with two attached hydrogens (primary N) is 1. The Kier molecular flexibility index (Phi) is 4.74. The second kappa shape index (κ2) is 6.53. The third-order valence-electron chi connectivity index (χ3n) is 3.31. The van der Waals surface area contributed by atoms with Crippen LogP contribution in [0.4, 0.5) is 4.39 Å². The molecule has 0 aliphatic heterocycles. The van der Waals surface area contributed by atoms with E-state index in [9.17, 15) is 4.39 Å². The van der Waals surface area contributed by atoms with Gasteiger partial charge in [0.1, 0.15) is 18.2 Å². The van der Waals surface area contributed by atoms with E-state index in [0.29, 0.717) is 19.1 Å². The summed E-state index contributed by atoms with van der Waals surface area (Å²) in [7, 11) is 0. The van der Waals surface area contributed by atoms with Crippen LogP contribution in [0.25, 0.3) is 0 Å². The minimum atomic E-state index is -0.267. The molecule has 106 valence electrons. The lowest BCUT2D eigenvalue weighted by Gasteiger charge is -2.15. The summed E-state index contributed by atoms with van der Waals surface area (Å²) in [6.07, 6.45) is 0. The van der Waals surface area contributed by atoms with Crippen LogP contribution in [0.5, 0.6) is 5.75 Å². The monoisotopic (exact) mass is 273 g/mol. The molecule has 0 heterocycles. The highest BCUT2D eigenvalue weighted by molar-refractivity contribution is 5.36. The molecule has 0 atom stereocenters. The molecule has 0 unspecified atom stereocenters. The lowest BCUT2D eigenvalue weighted by molar-refractivity contribution is 0.300. The molecule has 0 radical (unpaired) electrons. The van der Waals surface area contributed by atoms with Crippen molar-refractivity contribution in [3.05, 3.63) is 65.0 Å². The Bertz CT molecular complexity index is 581. The fourth-order valence-electron chi connectivity index (χ4n) is 2.17. The highest BCUT2D eigenvalue weighted by atomic mass is 19.1. The van der Waals surface area contributed by atoms with Crippen molar-refractivity contribution in [2.45, 2.75) is 32.9 Å². The average molecular weight is 273 g/mol. The first kappa shape index (κ1) is 14.5. The zero-order valence-corrected chi connectivity index (χ0v) is 11.9. The second-order valence-electron chi connectivity index (χ2n) is 5.10. The first-order valence-corrected chi connectivity index (χ1v) is 6.81. The number of hydrogen-bond donors (Lipinski definition) is 1. The van der Waals surface area contributed by atoms with E-state index in [2.05, 4.69) is 19.9 Å². The fraction of sp³-hybridized carbons (Fsp3) is 0.294. The highest BCUT2D eigenvalue weighted by Gasteiger charge is 2.08. The molecule has 3 heteroatoms. The van der Waals surface area contributed by atoms with Gasteiger partial charge in [0.25, 0.3) is 0 Å². The first-order valence-electron chi connectivity index (χ1n) is 6.81. The lowest BCUT2D eigenvalue weighted by atomic mass is 10.0. The summed E-state index contributed by atoms with van der Waals surface area (Å²) >= 11 is 0. The Morgan fingerprint density at radius 1 is 1.10 bits per heavy atom. The van der Waals surface area contributed by atoms with Crippen LogP contribution in [-0.2, 0) is 13.2 Å². The van der Waals surface area contributed by atoms with E-state index in [1.807, 2.05) is 18.2 Å². The van der Waals surface area contributed by atoms with E-state index in [1.165, 1.54) is 17.7 Å². The van der Waals surface area contributed by atoms with Crippen LogP contribution >= 0.6 is 0 Å². The summed E-state index contributed by atoms with van der Waals surface area (Å²) < 4.78 is 19.1. The molecule has 0 bridgehead atoms. The number of benzene rings is 2. The SMILES string of the molecule is CC(C)c1ccccc1OCc1ccc(F)cc1CN. The van der Waals surface area contributed by atoms with Gasteiger partial charge in [-0.05, 0) is 40.8 Å². The van der Waals surface area contributed by atoms with Gasteiger partial charge >= 0.3 is 0 Å². The van der Waals surface area contributed by atoms with Crippen LogP contribution in [0.15, 0.2) is 42.5 Å². The van der Waals surface area contributed by atoms with E-state index in [4.69, 9.17) is 10.5 Å². The molecule has 20 heavy (non-hydrogen) atoms. The molecular formula is C17H20FNO.